The average Bonchev–Trinajstić information content (AvgIpc) is 2.51. The number of nitriles is 1. The number of carbonyl (C=O) groups is 1. The normalized spacial score (nSPS) is 13.1. The average molecular weight is 289 g/mol. The maximum absolute atomic E-state index is 12.2. The Morgan fingerprint density at radius 3 is 2.81 bits per heavy atom. The van der Waals surface area contributed by atoms with Gasteiger partial charge in [-0.3, -0.25) is 4.79 Å². The highest BCUT2D eigenvalue weighted by molar-refractivity contribution is 5.84. The molecule has 0 saturated heterocycles. The molecule has 1 aromatic rings. The third-order valence-electron chi connectivity index (χ3n) is 3.40. The van der Waals surface area contributed by atoms with Crippen molar-refractivity contribution in [2.24, 2.45) is 0 Å². The van der Waals surface area contributed by atoms with E-state index in [0.717, 1.165) is 11.3 Å². The van der Waals surface area contributed by atoms with Gasteiger partial charge in [0.15, 0.2) is 0 Å². The third-order valence-corrected chi connectivity index (χ3v) is 3.40. The molecule has 0 fully saturated rings. The van der Waals surface area contributed by atoms with E-state index < -0.39 is 0 Å². The summed E-state index contributed by atoms with van der Waals surface area (Å²) in [6.45, 7) is 4.24. The summed E-state index contributed by atoms with van der Waals surface area (Å²) < 4.78 is 5.29. The molecule has 0 aliphatic rings. The number of methoxy groups -OCH3 is 1. The summed E-state index contributed by atoms with van der Waals surface area (Å²) in [4.78, 5) is 13.7. The van der Waals surface area contributed by atoms with Gasteiger partial charge in [0.1, 0.15) is 6.04 Å². The van der Waals surface area contributed by atoms with E-state index in [9.17, 15) is 4.79 Å². The number of amides is 1. The van der Waals surface area contributed by atoms with Gasteiger partial charge in [-0.25, -0.2) is 0 Å². The van der Waals surface area contributed by atoms with Gasteiger partial charge in [0.05, 0.1) is 18.6 Å². The van der Waals surface area contributed by atoms with Crippen LogP contribution in [0.1, 0.15) is 31.9 Å². The molecular formula is C16H23N3O2. The lowest BCUT2D eigenvalue weighted by atomic mass is 10.1. The van der Waals surface area contributed by atoms with Gasteiger partial charge < -0.3 is 15.0 Å². The molecule has 1 rings (SSSR count). The van der Waals surface area contributed by atoms with Crippen molar-refractivity contribution in [3.8, 4) is 6.07 Å². The molecular weight excluding hydrogens is 266 g/mol. The lowest BCUT2D eigenvalue weighted by molar-refractivity contribution is -0.130. The van der Waals surface area contributed by atoms with Crippen LogP contribution in [0.5, 0.6) is 0 Å². The summed E-state index contributed by atoms with van der Waals surface area (Å²) in [6, 6.07) is 9.52. The molecule has 0 saturated carbocycles. The predicted molar refractivity (Wildman–Crippen MR) is 82.8 cm³/mol. The number of benzene rings is 1. The first-order valence-electron chi connectivity index (χ1n) is 7.00. The van der Waals surface area contributed by atoms with E-state index >= 15 is 0 Å². The van der Waals surface area contributed by atoms with E-state index in [1.54, 1.807) is 19.1 Å². The van der Waals surface area contributed by atoms with Gasteiger partial charge >= 0.3 is 0 Å². The number of hydrogen-bond donors (Lipinski definition) is 1. The Hall–Kier alpha value is -2.06. The van der Waals surface area contributed by atoms with Crippen molar-refractivity contribution in [2.75, 3.05) is 26.0 Å². The standard InChI is InChI=1S/C16H23N3O2/c1-12(16(20)19(3)10-6-9-17)18-15-8-5-7-14(11-15)13(2)21-4/h5,7-8,11-13,18H,6,10H2,1-4H3. The second-order valence-electron chi connectivity index (χ2n) is 5.04. The summed E-state index contributed by atoms with van der Waals surface area (Å²) >= 11 is 0. The Balaban J connectivity index is 2.68. The van der Waals surface area contributed by atoms with Crippen LogP contribution in [0.3, 0.4) is 0 Å². The SMILES string of the molecule is COC(C)c1cccc(NC(C)C(=O)N(C)CCC#N)c1. The minimum Gasteiger partial charge on any atom is -0.377 e. The second kappa shape index (κ2) is 8.28. The van der Waals surface area contributed by atoms with E-state index in [4.69, 9.17) is 10.00 Å². The third kappa shape index (κ3) is 5.09. The zero-order chi connectivity index (χ0) is 15.8. The summed E-state index contributed by atoms with van der Waals surface area (Å²) in [5.41, 5.74) is 1.94. The second-order valence-corrected chi connectivity index (χ2v) is 5.04. The molecule has 114 valence electrons. The number of likely N-dealkylation sites (N-methyl/N-ethyl adjacent to an activating group) is 1. The fraction of sp³-hybridized carbons (Fsp3) is 0.500. The van der Waals surface area contributed by atoms with Crippen molar-refractivity contribution >= 4 is 11.6 Å². The molecule has 0 bridgehead atoms. The first kappa shape index (κ1) is 17.0. The lowest BCUT2D eigenvalue weighted by Gasteiger charge is -2.22. The predicted octanol–water partition coefficient (Wildman–Crippen LogP) is 2.57. The summed E-state index contributed by atoms with van der Waals surface area (Å²) in [5.74, 6) is -0.0320. The Kier molecular flexibility index (Phi) is 6.70. The molecule has 2 unspecified atom stereocenters. The Labute approximate surface area is 126 Å². The zero-order valence-corrected chi connectivity index (χ0v) is 13.1. The van der Waals surface area contributed by atoms with Gasteiger partial charge in [-0.1, -0.05) is 12.1 Å². The summed E-state index contributed by atoms with van der Waals surface area (Å²) in [5, 5.41) is 11.7. The van der Waals surface area contributed by atoms with Crippen LogP contribution in [0.4, 0.5) is 5.69 Å². The van der Waals surface area contributed by atoms with Crippen LogP contribution >= 0.6 is 0 Å². The van der Waals surface area contributed by atoms with Crippen molar-refractivity contribution < 1.29 is 9.53 Å². The van der Waals surface area contributed by atoms with Crippen LogP contribution in [-0.2, 0) is 9.53 Å². The first-order valence-corrected chi connectivity index (χ1v) is 7.00. The van der Waals surface area contributed by atoms with Crippen LogP contribution in [-0.4, -0.2) is 37.6 Å². The lowest BCUT2D eigenvalue weighted by Crippen LogP contribution is -2.39. The van der Waals surface area contributed by atoms with Gasteiger partial charge in [-0.15, -0.1) is 0 Å². The van der Waals surface area contributed by atoms with E-state index in [2.05, 4.69) is 5.32 Å². The number of carbonyl (C=O) groups excluding carboxylic acids is 1. The number of hydrogen-bond acceptors (Lipinski definition) is 4. The Bertz CT molecular complexity index is 510. The number of ether oxygens (including phenoxy) is 1. The monoisotopic (exact) mass is 289 g/mol. The molecule has 0 radical (unpaired) electrons. The number of rotatable bonds is 7. The molecule has 0 heterocycles. The van der Waals surface area contributed by atoms with E-state index in [0.29, 0.717) is 13.0 Å². The highest BCUT2D eigenvalue weighted by Crippen LogP contribution is 2.20. The van der Waals surface area contributed by atoms with Crippen molar-refractivity contribution in [1.29, 1.82) is 5.26 Å². The van der Waals surface area contributed by atoms with Crippen LogP contribution in [0.25, 0.3) is 0 Å². The van der Waals surface area contributed by atoms with Crippen molar-refractivity contribution in [3.05, 3.63) is 29.8 Å². The fourth-order valence-corrected chi connectivity index (χ4v) is 1.99. The fourth-order valence-electron chi connectivity index (χ4n) is 1.99. The van der Waals surface area contributed by atoms with Gasteiger partial charge in [0.25, 0.3) is 0 Å². The van der Waals surface area contributed by atoms with Crippen LogP contribution in [0.15, 0.2) is 24.3 Å². The molecule has 1 aromatic carbocycles. The maximum atomic E-state index is 12.2. The summed E-state index contributed by atoms with van der Waals surface area (Å²) in [7, 11) is 3.38. The summed E-state index contributed by atoms with van der Waals surface area (Å²) in [6.07, 6.45) is 0.353. The topological polar surface area (TPSA) is 65.4 Å². The van der Waals surface area contributed by atoms with Crippen LogP contribution < -0.4 is 5.32 Å². The molecule has 1 N–H and O–H groups in total. The van der Waals surface area contributed by atoms with E-state index in [-0.39, 0.29) is 18.1 Å². The van der Waals surface area contributed by atoms with Crippen molar-refractivity contribution in [3.63, 3.8) is 0 Å². The van der Waals surface area contributed by atoms with Gasteiger partial charge in [-0.05, 0) is 31.5 Å². The molecule has 1 amide bonds. The first-order chi connectivity index (χ1) is 9.99. The smallest absolute Gasteiger partial charge is 0.244 e. The van der Waals surface area contributed by atoms with Gasteiger partial charge in [0.2, 0.25) is 5.91 Å². The highest BCUT2D eigenvalue weighted by atomic mass is 16.5. The van der Waals surface area contributed by atoms with Crippen molar-refractivity contribution in [1.82, 2.24) is 4.90 Å². The molecule has 0 aliphatic heterocycles. The molecule has 2 atom stereocenters. The Morgan fingerprint density at radius 2 is 2.19 bits per heavy atom. The van der Waals surface area contributed by atoms with E-state index in [1.807, 2.05) is 44.2 Å². The number of nitrogens with zero attached hydrogens (tertiary/aromatic N) is 2. The maximum Gasteiger partial charge on any atom is 0.244 e. The van der Waals surface area contributed by atoms with E-state index in [1.165, 1.54) is 0 Å². The minimum absolute atomic E-state index is 0.0102. The molecule has 0 aromatic heterocycles. The molecule has 0 aliphatic carbocycles. The molecule has 5 nitrogen and oxygen atoms in total. The minimum atomic E-state index is -0.346. The molecule has 0 spiro atoms. The largest absolute Gasteiger partial charge is 0.377 e. The molecule has 5 heteroatoms. The van der Waals surface area contributed by atoms with Gasteiger partial charge in [-0.2, -0.15) is 5.26 Å². The quantitative estimate of drug-likeness (QED) is 0.838. The highest BCUT2D eigenvalue weighted by Gasteiger charge is 2.17. The van der Waals surface area contributed by atoms with Crippen LogP contribution in [0, 0.1) is 11.3 Å². The van der Waals surface area contributed by atoms with Crippen LogP contribution in [0.2, 0.25) is 0 Å². The number of nitrogens with one attached hydrogen (secondary N) is 1. The number of anilines is 1. The molecule has 21 heavy (non-hydrogen) atoms. The Morgan fingerprint density at radius 1 is 1.48 bits per heavy atom. The van der Waals surface area contributed by atoms with Gasteiger partial charge in [0, 0.05) is 26.4 Å². The zero-order valence-electron chi connectivity index (χ0n) is 13.1. The van der Waals surface area contributed by atoms with Crippen molar-refractivity contribution in [2.45, 2.75) is 32.4 Å².